The summed E-state index contributed by atoms with van der Waals surface area (Å²) in [6.45, 7) is 3.16. The molecule has 0 spiro atoms. The van der Waals surface area contributed by atoms with Crippen molar-refractivity contribution in [1.29, 1.82) is 0 Å². The molecule has 4 nitrogen and oxygen atoms in total. The van der Waals surface area contributed by atoms with Crippen LogP contribution in [0, 0.1) is 6.92 Å². The number of halogens is 1. The molecule has 0 aliphatic rings. The molecule has 0 aliphatic carbocycles. The van der Waals surface area contributed by atoms with E-state index in [2.05, 4.69) is 10.4 Å². The van der Waals surface area contributed by atoms with E-state index in [1.54, 1.807) is 6.07 Å². The Kier molecular flexibility index (Phi) is 4.58. The predicted octanol–water partition coefficient (Wildman–Crippen LogP) is 2.21. The van der Waals surface area contributed by atoms with Crippen molar-refractivity contribution in [3.8, 4) is 0 Å². The van der Waals surface area contributed by atoms with Gasteiger partial charge in [0.1, 0.15) is 0 Å². The Hall–Kier alpha value is -1.36. The molecule has 0 radical (unpaired) electrons. The molecule has 1 aromatic carbocycles. The van der Waals surface area contributed by atoms with Crippen LogP contribution >= 0.6 is 11.6 Å². The lowest BCUT2D eigenvalue weighted by Crippen LogP contribution is -2.21. The third-order valence-electron chi connectivity index (χ3n) is 3.25. The first-order chi connectivity index (χ1) is 9.09. The molecule has 19 heavy (non-hydrogen) atoms. The Morgan fingerprint density at radius 2 is 2.16 bits per heavy atom. The molecule has 1 heterocycles. The van der Waals surface area contributed by atoms with Crippen LogP contribution in [0.4, 0.5) is 0 Å². The Labute approximate surface area is 118 Å². The topological polar surface area (TPSA) is 50.1 Å². The van der Waals surface area contributed by atoms with Crippen LogP contribution in [-0.2, 0) is 13.6 Å². The molecule has 2 N–H and O–H groups in total. The molecule has 0 saturated heterocycles. The highest BCUT2D eigenvalue weighted by Gasteiger charge is 2.11. The van der Waals surface area contributed by atoms with E-state index in [1.165, 1.54) is 0 Å². The monoisotopic (exact) mass is 279 g/mol. The van der Waals surface area contributed by atoms with Crippen LogP contribution < -0.4 is 5.32 Å². The molecule has 0 bridgehead atoms. The van der Waals surface area contributed by atoms with Gasteiger partial charge in [-0.25, -0.2) is 0 Å². The lowest BCUT2D eigenvalue weighted by atomic mass is 10.1. The zero-order valence-electron chi connectivity index (χ0n) is 11.1. The molecule has 2 rings (SSSR count). The van der Waals surface area contributed by atoms with E-state index in [-0.39, 0.29) is 0 Å². The Bertz CT molecular complexity index is 553. The second-order valence-corrected chi connectivity index (χ2v) is 4.95. The van der Waals surface area contributed by atoms with E-state index in [1.807, 2.05) is 43.0 Å². The number of rotatable bonds is 5. The summed E-state index contributed by atoms with van der Waals surface area (Å²) >= 11 is 6.04. The number of benzene rings is 1. The van der Waals surface area contributed by atoms with Gasteiger partial charge >= 0.3 is 0 Å². The van der Waals surface area contributed by atoms with Gasteiger partial charge in [-0.05, 0) is 13.0 Å². The van der Waals surface area contributed by atoms with Crippen molar-refractivity contribution in [2.75, 3.05) is 6.54 Å². The molecule has 1 aromatic heterocycles. The summed E-state index contributed by atoms with van der Waals surface area (Å²) in [7, 11) is 1.91. The van der Waals surface area contributed by atoms with Gasteiger partial charge in [0, 0.05) is 42.0 Å². The average molecular weight is 280 g/mol. The number of aliphatic hydroxyl groups is 1. The van der Waals surface area contributed by atoms with Crippen molar-refractivity contribution in [2.24, 2.45) is 7.05 Å². The molecule has 0 saturated carbocycles. The molecule has 2 aromatic rings. The largest absolute Gasteiger partial charge is 0.387 e. The molecule has 102 valence electrons. The van der Waals surface area contributed by atoms with Crippen molar-refractivity contribution in [3.05, 3.63) is 52.3 Å². The van der Waals surface area contributed by atoms with Gasteiger partial charge in [-0.1, -0.05) is 29.8 Å². The summed E-state index contributed by atoms with van der Waals surface area (Å²) in [5.41, 5.74) is 3.01. The van der Waals surface area contributed by atoms with Crippen molar-refractivity contribution in [1.82, 2.24) is 15.1 Å². The number of hydrogen-bond acceptors (Lipinski definition) is 3. The SMILES string of the molecule is Cc1c(CNCC(O)c2ccccc2Cl)cnn1C. The van der Waals surface area contributed by atoms with Crippen molar-refractivity contribution < 1.29 is 5.11 Å². The smallest absolute Gasteiger partial charge is 0.0928 e. The van der Waals surface area contributed by atoms with Crippen molar-refractivity contribution in [3.63, 3.8) is 0 Å². The maximum absolute atomic E-state index is 10.1. The maximum Gasteiger partial charge on any atom is 0.0928 e. The minimum absolute atomic E-state index is 0.456. The molecule has 0 aliphatic heterocycles. The number of aromatic nitrogens is 2. The van der Waals surface area contributed by atoms with E-state index in [0.29, 0.717) is 18.1 Å². The number of hydrogen-bond donors (Lipinski definition) is 2. The second-order valence-electron chi connectivity index (χ2n) is 4.55. The van der Waals surface area contributed by atoms with Crippen LogP contribution in [0.5, 0.6) is 0 Å². The minimum atomic E-state index is -0.606. The summed E-state index contributed by atoms with van der Waals surface area (Å²) in [6.07, 6.45) is 1.23. The quantitative estimate of drug-likeness (QED) is 0.882. The Balaban J connectivity index is 1.89. The molecule has 0 amide bonds. The molecule has 1 unspecified atom stereocenters. The highest BCUT2D eigenvalue weighted by Crippen LogP contribution is 2.21. The molecular formula is C14H18ClN3O. The average Bonchev–Trinajstić information content (AvgIpc) is 2.71. The van der Waals surface area contributed by atoms with Gasteiger partial charge < -0.3 is 10.4 Å². The van der Waals surface area contributed by atoms with Crippen molar-refractivity contribution >= 4 is 11.6 Å². The van der Waals surface area contributed by atoms with Gasteiger partial charge in [0.25, 0.3) is 0 Å². The van der Waals surface area contributed by atoms with Gasteiger partial charge in [-0.2, -0.15) is 5.10 Å². The molecular weight excluding hydrogens is 262 g/mol. The molecule has 1 atom stereocenters. The fourth-order valence-electron chi connectivity index (χ4n) is 1.92. The lowest BCUT2D eigenvalue weighted by Gasteiger charge is -2.13. The summed E-state index contributed by atoms with van der Waals surface area (Å²) in [6, 6.07) is 7.34. The van der Waals surface area contributed by atoms with E-state index < -0.39 is 6.10 Å². The Morgan fingerprint density at radius 3 is 2.79 bits per heavy atom. The summed E-state index contributed by atoms with van der Waals surface area (Å²) in [5, 5.41) is 18.1. The normalized spacial score (nSPS) is 12.6. The number of nitrogens with one attached hydrogen (secondary N) is 1. The van der Waals surface area contributed by atoms with Gasteiger partial charge in [0.15, 0.2) is 0 Å². The fraction of sp³-hybridized carbons (Fsp3) is 0.357. The summed E-state index contributed by atoms with van der Waals surface area (Å²) in [5.74, 6) is 0. The van der Waals surface area contributed by atoms with Crippen LogP contribution in [0.15, 0.2) is 30.5 Å². The second kappa shape index (κ2) is 6.19. The summed E-state index contributed by atoms with van der Waals surface area (Å²) in [4.78, 5) is 0. The predicted molar refractivity (Wildman–Crippen MR) is 76.1 cm³/mol. The van der Waals surface area contributed by atoms with E-state index in [0.717, 1.165) is 16.8 Å². The highest BCUT2D eigenvalue weighted by molar-refractivity contribution is 6.31. The van der Waals surface area contributed by atoms with Crippen LogP contribution in [0.1, 0.15) is 22.9 Å². The van der Waals surface area contributed by atoms with Crippen LogP contribution in [0.3, 0.4) is 0 Å². The Morgan fingerprint density at radius 1 is 1.42 bits per heavy atom. The van der Waals surface area contributed by atoms with E-state index in [9.17, 15) is 5.11 Å². The van der Waals surface area contributed by atoms with E-state index in [4.69, 9.17) is 11.6 Å². The van der Waals surface area contributed by atoms with Gasteiger partial charge in [0.05, 0.1) is 12.3 Å². The van der Waals surface area contributed by atoms with Crippen LogP contribution in [-0.4, -0.2) is 21.4 Å². The third kappa shape index (κ3) is 3.35. The molecule has 5 heteroatoms. The number of nitrogens with zero attached hydrogens (tertiary/aromatic N) is 2. The zero-order chi connectivity index (χ0) is 13.8. The summed E-state index contributed by atoms with van der Waals surface area (Å²) < 4.78 is 1.83. The first-order valence-corrected chi connectivity index (χ1v) is 6.58. The van der Waals surface area contributed by atoms with E-state index >= 15 is 0 Å². The van der Waals surface area contributed by atoms with Crippen molar-refractivity contribution in [2.45, 2.75) is 19.6 Å². The standard InChI is InChI=1S/C14H18ClN3O/c1-10-11(8-17-18(10)2)7-16-9-14(19)12-5-3-4-6-13(12)15/h3-6,8,14,16,19H,7,9H2,1-2H3. The first-order valence-electron chi connectivity index (χ1n) is 6.20. The van der Waals surface area contributed by atoms with Crippen LogP contribution in [0.25, 0.3) is 0 Å². The van der Waals surface area contributed by atoms with Gasteiger partial charge in [-0.15, -0.1) is 0 Å². The maximum atomic E-state index is 10.1. The highest BCUT2D eigenvalue weighted by atomic mass is 35.5. The number of aryl methyl sites for hydroxylation is 1. The number of aliphatic hydroxyl groups excluding tert-OH is 1. The minimum Gasteiger partial charge on any atom is -0.387 e. The zero-order valence-corrected chi connectivity index (χ0v) is 11.9. The third-order valence-corrected chi connectivity index (χ3v) is 3.60. The lowest BCUT2D eigenvalue weighted by molar-refractivity contribution is 0.174. The molecule has 0 fully saturated rings. The first kappa shape index (κ1) is 14.1. The fourth-order valence-corrected chi connectivity index (χ4v) is 2.18. The van der Waals surface area contributed by atoms with Gasteiger partial charge in [-0.3, -0.25) is 4.68 Å². The van der Waals surface area contributed by atoms with Gasteiger partial charge in [0.2, 0.25) is 0 Å². The van der Waals surface area contributed by atoms with Crippen LogP contribution in [0.2, 0.25) is 5.02 Å².